The van der Waals surface area contributed by atoms with Gasteiger partial charge in [0.05, 0.1) is 11.1 Å². The molecule has 1 saturated heterocycles. The summed E-state index contributed by atoms with van der Waals surface area (Å²) in [6, 6.07) is 6.88. The molecule has 0 unspecified atom stereocenters. The molecule has 1 aliphatic rings. The quantitative estimate of drug-likeness (QED) is 0.782. The zero-order valence-electron chi connectivity index (χ0n) is 12.3. The van der Waals surface area contributed by atoms with Crippen molar-refractivity contribution in [2.24, 2.45) is 0 Å². The van der Waals surface area contributed by atoms with E-state index in [1.165, 1.54) is 4.90 Å². The average Bonchev–Trinajstić information content (AvgIpc) is 2.52. The Morgan fingerprint density at radius 3 is 2.82 bits per heavy atom. The van der Waals surface area contributed by atoms with Crippen molar-refractivity contribution >= 4 is 27.8 Å². The van der Waals surface area contributed by atoms with Crippen molar-refractivity contribution in [3.05, 3.63) is 28.7 Å². The van der Waals surface area contributed by atoms with Crippen molar-refractivity contribution in [2.75, 3.05) is 13.2 Å². The highest BCUT2D eigenvalue weighted by Gasteiger charge is 2.31. The van der Waals surface area contributed by atoms with Gasteiger partial charge in [-0.2, -0.15) is 0 Å². The van der Waals surface area contributed by atoms with Crippen LogP contribution in [-0.2, 0) is 9.59 Å². The molecule has 1 N–H and O–H groups in total. The summed E-state index contributed by atoms with van der Waals surface area (Å²) < 4.78 is 6.49. The predicted molar refractivity (Wildman–Crippen MR) is 85.9 cm³/mol. The molecule has 1 aromatic carbocycles. The number of aliphatic carboxylic acids is 1. The van der Waals surface area contributed by atoms with Crippen LogP contribution in [0, 0.1) is 0 Å². The monoisotopic (exact) mass is 369 g/mol. The zero-order chi connectivity index (χ0) is 15.9. The third-order valence-electron chi connectivity index (χ3n) is 3.74. The predicted octanol–water partition coefficient (Wildman–Crippen LogP) is 3.07. The van der Waals surface area contributed by atoms with Crippen LogP contribution in [0.15, 0.2) is 28.7 Å². The van der Waals surface area contributed by atoms with Gasteiger partial charge in [-0.25, -0.2) is 4.79 Å². The highest BCUT2D eigenvalue weighted by molar-refractivity contribution is 9.10. The van der Waals surface area contributed by atoms with Crippen LogP contribution < -0.4 is 4.74 Å². The summed E-state index contributed by atoms with van der Waals surface area (Å²) in [7, 11) is 0. The van der Waals surface area contributed by atoms with Crippen LogP contribution in [0.2, 0.25) is 0 Å². The topological polar surface area (TPSA) is 66.8 Å². The number of carboxylic acids is 1. The SMILES string of the molecule is O=C(O)[C@H]1CCCCN1C(=O)CCCOc1ccccc1Br. The maximum Gasteiger partial charge on any atom is 0.326 e. The maximum atomic E-state index is 12.2. The third-order valence-corrected chi connectivity index (χ3v) is 4.39. The number of halogens is 1. The van der Waals surface area contributed by atoms with E-state index >= 15 is 0 Å². The molecule has 1 aliphatic heterocycles. The molecule has 0 radical (unpaired) electrons. The number of benzene rings is 1. The molecule has 1 atom stereocenters. The first-order chi connectivity index (χ1) is 10.6. The van der Waals surface area contributed by atoms with Crippen molar-refractivity contribution in [3.8, 4) is 5.75 Å². The van der Waals surface area contributed by atoms with E-state index in [1.807, 2.05) is 24.3 Å². The Balaban J connectivity index is 1.77. The Labute approximate surface area is 138 Å². The highest BCUT2D eigenvalue weighted by atomic mass is 79.9. The van der Waals surface area contributed by atoms with Gasteiger partial charge < -0.3 is 14.7 Å². The van der Waals surface area contributed by atoms with E-state index in [4.69, 9.17) is 4.74 Å². The molecule has 6 heteroatoms. The summed E-state index contributed by atoms with van der Waals surface area (Å²) in [5, 5.41) is 9.18. The molecule has 1 aromatic rings. The lowest BCUT2D eigenvalue weighted by Crippen LogP contribution is -2.47. The Morgan fingerprint density at radius 1 is 1.32 bits per heavy atom. The molecule has 0 bridgehead atoms. The van der Waals surface area contributed by atoms with Crippen LogP contribution in [0.5, 0.6) is 5.75 Å². The molecule has 2 rings (SSSR count). The van der Waals surface area contributed by atoms with Gasteiger partial charge in [0.15, 0.2) is 0 Å². The second-order valence-corrected chi connectivity index (χ2v) is 6.17. The van der Waals surface area contributed by atoms with Gasteiger partial charge in [0, 0.05) is 13.0 Å². The second kappa shape index (κ2) is 8.17. The maximum absolute atomic E-state index is 12.2. The standard InChI is InChI=1S/C16H20BrNO4/c17-12-6-1-2-8-14(12)22-11-5-9-15(19)18-10-4-3-7-13(18)16(20)21/h1-2,6,8,13H,3-5,7,9-11H2,(H,20,21)/t13-/m1/s1. The number of hydrogen-bond acceptors (Lipinski definition) is 3. The second-order valence-electron chi connectivity index (χ2n) is 5.32. The zero-order valence-corrected chi connectivity index (χ0v) is 13.9. The van der Waals surface area contributed by atoms with Crippen LogP contribution in [-0.4, -0.2) is 41.1 Å². The van der Waals surface area contributed by atoms with Gasteiger partial charge >= 0.3 is 5.97 Å². The number of carbonyl (C=O) groups excluding carboxylic acids is 1. The lowest BCUT2D eigenvalue weighted by molar-refractivity contribution is -0.152. The first-order valence-electron chi connectivity index (χ1n) is 7.49. The van der Waals surface area contributed by atoms with Gasteiger partial charge in [0.25, 0.3) is 0 Å². The Kier molecular flexibility index (Phi) is 6.24. The number of nitrogens with zero attached hydrogens (tertiary/aromatic N) is 1. The molecule has 1 heterocycles. The van der Waals surface area contributed by atoms with Crippen LogP contribution >= 0.6 is 15.9 Å². The number of ether oxygens (including phenoxy) is 1. The number of likely N-dealkylation sites (tertiary alicyclic amines) is 1. The fourth-order valence-electron chi connectivity index (χ4n) is 2.60. The highest BCUT2D eigenvalue weighted by Crippen LogP contribution is 2.24. The fraction of sp³-hybridized carbons (Fsp3) is 0.500. The normalized spacial score (nSPS) is 18.0. The molecule has 0 saturated carbocycles. The number of rotatable bonds is 6. The number of carboxylic acid groups (broad SMARTS) is 1. The van der Waals surface area contributed by atoms with Crippen LogP contribution in [0.1, 0.15) is 32.1 Å². The number of amides is 1. The minimum Gasteiger partial charge on any atom is -0.492 e. The Morgan fingerprint density at radius 2 is 2.09 bits per heavy atom. The summed E-state index contributed by atoms with van der Waals surface area (Å²) in [5.41, 5.74) is 0. The number of piperidine rings is 1. The first-order valence-corrected chi connectivity index (χ1v) is 8.28. The van der Waals surface area contributed by atoms with Gasteiger partial charge in [-0.3, -0.25) is 4.79 Å². The largest absolute Gasteiger partial charge is 0.492 e. The van der Waals surface area contributed by atoms with Crippen molar-refractivity contribution < 1.29 is 19.4 Å². The van der Waals surface area contributed by atoms with E-state index in [1.54, 1.807) is 0 Å². The van der Waals surface area contributed by atoms with Crippen molar-refractivity contribution in [1.82, 2.24) is 4.90 Å². The molecule has 120 valence electrons. The summed E-state index contributed by atoms with van der Waals surface area (Å²) in [5.74, 6) is -0.253. The lowest BCUT2D eigenvalue weighted by Gasteiger charge is -2.33. The molecule has 1 amide bonds. The summed E-state index contributed by atoms with van der Waals surface area (Å²) in [4.78, 5) is 24.9. The number of para-hydroxylation sites is 1. The van der Waals surface area contributed by atoms with E-state index in [0.717, 1.165) is 23.1 Å². The van der Waals surface area contributed by atoms with Crippen LogP contribution in [0.4, 0.5) is 0 Å². The van der Waals surface area contributed by atoms with E-state index in [9.17, 15) is 14.7 Å². The lowest BCUT2D eigenvalue weighted by atomic mass is 10.0. The molecule has 0 aromatic heterocycles. The van der Waals surface area contributed by atoms with Gasteiger partial charge in [0.1, 0.15) is 11.8 Å². The summed E-state index contributed by atoms with van der Waals surface area (Å²) in [6.45, 7) is 0.973. The Bertz CT molecular complexity index is 535. The van der Waals surface area contributed by atoms with Crippen molar-refractivity contribution in [2.45, 2.75) is 38.1 Å². The summed E-state index contributed by atoms with van der Waals surface area (Å²) in [6.07, 6.45) is 3.18. The molecular formula is C16H20BrNO4. The number of carbonyl (C=O) groups is 2. The number of hydrogen-bond donors (Lipinski definition) is 1. The minimum absolute atomic E-state index is 0.0946. The molecule has 1 fully saturated rings. The Hall–Kier alpha value is -1.56. The van der Waals surface area contributed by atoms with E-state index < -0.39 is 12.0 Å². The van der Waals surface area contributed by atoms with E-state index in [0.29, 0.717) is 32.4 Å². The van der Waals surface area contributed by atoms with E-state index in [-0.39, 0.29) is 5.91 Å². The smallest absolute Gasteiger partial charge is 0.326 e. The van der Waals surface area contributed by atoms with Gasteiger partial charge in [0.2, 0.25) is 5.91 Å². The molecule has 0 aliphatic carbocycles. The minimum atomic E-state index is -0.905. The molecular weight excluding hydrogens is 350 g/mol. The summed E-state index contributed by atoms with van der Waals surface area (Å²) >= 11 is 3.40. The first kappa shape index (κ1) is 16.8. The van der Waals surface area contributed by atoms with Crippen LogP contribution in [0.3, 0.4) is 0 Å². The fourth-order valence-corrected chi connectivity index (χ4v) is 3.00. The molecule has 0 spiro atoms. The van der Waals surface area contributed by atoms with Crippen LogP contribution in [0.25, 0.3) is 0 Å². The molecule has 5 nitrogen and oxygen atoms in total. The van der Waals surface area contributed by atoms with Gasteiger partial charge in [-0.1, -0.05) is 12.1 Å². The third kappa shape index (κ3) is 4.47. The van der Waals surface area contributed by atoms with Crippen molar-refractivity contribution in [3.63, 3.8) is 0 Å². The van der Waals surface area contributed by atoms with Gasteiger partial charge in [-0.05, 0) is 53.7 Å². The van der Waals surface area contributed by atoms with Crippen molar-refractivity contribution in [1.29, 1.82) is 0 Å². The van der Waals surface area contributed by atoms with Gasteiger partial charge in [-0.15, -0.1) is 0 Å². The average molecular weight is 370 g/mol. The van der Waals surface area contributed by atoms with E-state index in [2.05, 4.69) is 15.9 Å². The molecule has 22 heavy (non-hydrogen) atoms.